The quantitative estimate of drug-likeness (QED) is 0.534. The standard InChI is InChI=1S/C15H28O/c1-2-4-6-8-10-12-14-16-15-13-11-9-7-5-3-1/h2,4H,1,3,5-15H2/b4-2+. The number of allylic oxidation sites excluding steroid dienone is 2. The summed E-state index contributed by atoms with van der Waals surface area (Å²) in [5.74, 6) is 0. The van der Waals surface area contributed by atoms with E-state index in [-0.39, 0.29) is 0 Å². The van der Waals surface area contributed by atoms with Gasteiger partial charge >= 0.3 is 0 Å². The normalized spacial score (nSPS) is 25.0. The molecule has 0 N–H and O–H groups in total. The molecule has 1 aliphatic heterocycles. The fraction of sp³-hybridized carbons (Fsp3) is 0.867. The van der Waals surface area contributed by atoms with Crippen LogP contribution in [0.5, 0.6) is 0 Å². The van der Waals surface area contributed by atoms with E-state index in [9.17, 15) is 0 Å². The minimum absolute atomic E-state index is 0.976. The number of rotatable bonds is 0. The zero-order valence-corrected chi connectivity index (χ0v) is 10.8. The number of hydrogen-bond donors (Lipinski definition) is 0. The average molecular weight is 224 g/mol. The minimum atomic E-state index is 0.976. The SMILES string of the molecule is C1=C/CCCCCOCCCCCCCC/1. The van der Waals surface area contributed by atoms with E-state index >= 15 is 0 Å². The van der Waals surface area contributed by atoms with Crippen molar-refractivity contribution in [3.05, 3.63) is 12.2 Å². The summed E-state index contributed by atoms with van der Waals surface area (Å²) < 4.78 is 5.62. The Hall–Kier alpha value is -0.300. The third-order valence-corrected chi connectivity index (χ3v) is 3.24. The largest absolute Gasteiger partial charge is 0.381 e. The second kappa shape index (κ2) is 11.2. The lowest BCUT2D eigenvalue weighted by Gasteiger charge is -2.05. The van der Waals surface area contributed by atoms with Crippen molar-refractivity contribution in [2.24, 2.45) is 0 Å². The van der Waals surface area contributed by atoms with Crippen LogP contribution in [0.1, 0.15) is 70.6 Å². The van der Waals surface area contributed by atoms with E-state index in [1.165, 1.54) is 70.6 Å². The highest BCUT2D eigenvalue weighted by Crippen LogP contribution is 2.09. The van der Waals surface area contributed by atoms with Crippen LogP contribution in [0.3, 0.4) is 0 Å². The van der Waals surface area contributed by atoms with Gasteiger partial charge in [-0.15, -0.1) is 0 Å². The topological polar surface area (TPSA) is 9.23 Å². The highest BCUT2D eigenvalue weighted by Gasteiger charge is 1.93. The maximum absolute atomic E-state index is 5.62. The van der Waals surface area contributed by atoms with E-state index in [1.807, 2.05) is 0 Å². The highest BCUT2D eigenvalue weighted by molar-refractivity contribution is 4.81. The summed E-state index contributed by atoms with van der Waals surface area (Å²) in [5.41, 5.74) is 0. The minimum Gasteiger partial charge on any atom is -0.381 e. The molecule has 0 radical (unpaired) electrons. The smallest absolute Gasteiger partial charge is 0.0466 e. The molecule has 1 heterocycles. The lowest BCUT2D eigenvalue weighted by molar-refractivity contribution is 0.126. The first-order valence-corrected chi connectivity index (χ1v) is 7.23. The van der Waals surface area contributed by atoms with Gasteiger partial charge in [0.05, 0.1) is 0 Å². The molecule has 0 spiro atoms. The fourth-order valence-corrected chi connectivity index (χ4v) is 2.15. The molecule has 0 aromatic heterocycles. The summed E-state index contributed by atoms with van der Waals surface area (Å²) in [5, 5.41) is 0. The van der Waals surface area contributed by atoms with Crippen LogP contribution in [-0.2, 0) is 4.74 Å². The van der Waals surface area contributed by atoms with Crippen molar-refractivity contribution in [1.82, 2.24) is 0 Å². The van der Waals surface area contributed by atoms with Gasteiger partial charge in [-0.25, -0.2) is 0 Å². The van der Waals surface area contributed by atoms with Gasteiger partial charge < -0.3 is 4.74 Å². The van der Waals surface area contributed by atoms with Gasteiger partial charge in [-0.3, -0.25) is 0 Å². The Balaban J connectivity index is 2.07. The third-order valence-electron chi connectivity index (χ3n) is 3.24. The number of ether oxygens (including phenoxy) is 1. The molecule has 1 nitrogen and oxygen atoms in total. The van der Waals surface area contributed by atoms with Gasteiger partial charge in [0.2, 0.25) is 0 Å². The summed E-state index contributed by atoms with van der Waals surface area (Å²) in [6.07, 6.45) is 19.4. The molecule has 0 aromatic carbocycles. The Morgan fingerprint density at radius 3 is 1.56 bits per heavy atom. The molecular formula is C15H28O. The van der Waals surface area contributed by atoms with Crippen LogP contribution in [0.25, 0.3) is 0 Å². The molecule has 16 heavy (non-hydrogen) atoms. The van der Waals surface area contributed by atoms with E-state index in [4.69, 9.17) is 4.74 Å². The molecule has 0 bridgehead atoms. The van der Waals surface area contributed by atoms with E-state index < -0.39 is 0 Å². The predicted molar refractivity (Wildman–Crippen MR) is 70.7 cm³/mol. The second-order valence-corrected chi connectivity index (χ2v) is 4.84. The summed E-state index contributed by atoms with van der Waals surface area (Å²) in [4.78, 5) is 0. The van der Waals surface area contributed by atoms with Gasteiger partial charge in [-0.05, 0) is 38.5 Å². The van der Waals surface area contributed by atoms with Crippen molar-refractivity contribution in [2.75, 3.05) is 13.2 Å². The van der Waals surface area contributed by atoms with E-state index in [1.54, 1.807) is 0 Å². The van der Waals surface area contributed by atoms with Crippen LogP contribution in [0.4, 0.5) is 0 Å². The second-order valence-electron chi connectivity index (χ2n) is 4.84. The molecule has 0 unspecified atom stereocenters. The highest BCUT2D eigenvalue weighted by atomic mass is 16.5. The van der Waals surface area contributed by atoms with Crippen LogP contribution in [0.15, 0.2) is 12.2 Å². The predicted octanol–water partition coefficient (Wildman–Crippen LogP) is 4.86. The Morgan fingerprint density at radius 1 is 0.500 bits per heavy atom. The molecule has 0 fully saturated rings. The zero-order valence-electron chi connectivity index (χ0n) is 10.8. The zero-order chi connectivity index (χ0) is 11.3. The van der Waals surface area contributed by atoms with E-state index in [2.05, 4.69) is 12.2 Å². The van der Waals surface area contributed by atoms with Crippen LogP contribution in [0, 0.1) is 0 Å². The van der Waals surface area contributed by atoms with Crippen molar-refractivity contribution in [2.45, 2.75) is 70.6 Å². The van der Waals surface area contributed by atoms with Crippen LogP contribution in [0.2, 0.25) is 0 Å². The fourth-order valence-electron chi connectivity index (χ4n) is 2.15. The van der Waals surface area contributed by atoms with Crippen molar-refractivity contribution in [1.29, 1.82) is 0 Å². The monoisotopic (exact) mass is 224 g/mol. The molecule has 0 aliphatic carbocycles. The van der Waals surface area contributed by atoms with Crippen molar-refractivity contribution in [3.63, 3.8) is 0 Å². The Bertz CT molecular complexity index is 145. The summed E-state index contributed by atoms with van der Waals surface area (Å²) in [6.45, 7) is 1.96. The Kier molecular flexibility index (Phi) is 9.63. The Labute approximate surface area is 101 Å². The molecule has 1 aliphatic rings. The first-order chi connectivity index (χ1) is 8.00. The maximum atomic E-state index is 5.62. The average Bonchev–Trinajstić information content (AvgIpc) is 2.29. The van der Waals surface area contributed by atoms with Crippen molar-refractivity contribution in [3.8, 4) is 0 Å². The van der Waals surface area contributed by atoms with Gasteiger partial charge in [0, 0.05) is 13.2 Å². The van der Waals surface area contributed by atoms with E-state index in [0.717, 1.165) is 13.2 Å². The van der Waals surface area contributed by atoms with Gasteiger partial charge in [0.15, 0.2) is 0 Å². The molecule has 94 valence electrons. The van der Waals surface area contributed by atoms with Crippen molar-refractivity contribution < 1.29 is 4.74 Å². The molecular weight excluding hydrogens is 196 g/mol. The molecule has 0 aromatic rings. The van der Waals surface area contributed by atoms with E-state index in [0.29, 0.717) is 0 Å². The summed E-state index contributed by atoms with van der Waals surface area (Å²) in [6, 6.07) is 0. The number of hydrogen-bond acceptors (Lipinski definition) is 1. The summed E-state index contributed by atoms with van der Waals surface area (Å²) >= 11 is 0. The maximum Gasteiger partial charge on any atom is 0.0466 e. The molecule has 0 amide bonds. The third kappa shape index (κ3) is 8.96. The molecule has 1 heteroatoms. The molecule has 1 rings (SSSR count). The Morgan fingerprint density at radius 2 is 0.938 bits per heavy atom. The summed E-state index contributed by atoms with van der Waals surface area (Å²) in [7, 11) is 0. The first kappa shape index (κ1) is 13.8. The lowest BCUT2D eigenvalue weighted by Crippen LogP contribution is -1.97. The van der Waals surface area contributed by atoms with Crippen molar-refractivity contribution >= 4 is 0 Å². The van der Waals surface area contributed by atoms with Gasteiger partial charge in [-0.1, -0.05) is 44.3 Å². The molecule has 0 saturated carbocycles. The van der Waals surface area contributed by atoms with Gasteiger partial charge in [0.25, 0.3) is 0 Å². The van der Waals surface area contributed by atoms with Crippen LogP contribution < -0.4 is 0 Å². The van der Waals surface area contributed by atoms with Crippen LogP contribution >= 0.6 is 0 Å². The molecule has 0 atom stereocenters. The lowest BCUT2D eigenvalue weighted by atomic mass is 10.1. The van der Waals surface area contributed by atoms with Gasteiger partial charge in [0.1, 0.15) is 0 Å². The van der Waals surface area contributed by atoms with Crippen LogP contribution in [-0.4, -0.2) is 13.2 Å². The molecule has 0 saturated heterocycles. The van der Waals surface area contributed by atoms with Gasteiger partial charge in [-0.2, -0.15) is 0 Å². The first-order valence-electron chi connectivity index (χ1n) is 7.23.